The van der Waals surface area contributed by atoms with E-state index in [1.807, 2.05) is 43.3 Å². The van der Waals surface area contributed by atoms with Gasteiger partial charge in [-0.1, -0.05) is 37.3 Å². The van der Waals surface area contributed by atoms with E-state index in [1.54, 1.807) is 12.1 Å². The molecule has 0 aromatic heterocycles. The van der Waals surface area contributed by atoms with E-state index in [4.69, 9.17) is 0 Å². The average Bonchev–Trinajstić information content (AvgIpc) is 2.59. The molecule has 2 rings (SSSR count). The lowest BCUT2D eigenvalue weighted by molar-refractivity contribution is -0.119. The van der Waals surface area contributed by atoms with E-state index in [0.29, 0.717) is 18.7 Å². The molecule has 0 spiro atoms. The Labute approximate surface area is 154 Å². The maximum atomic E-state index is 12.4. The predicted octanol–water partition coefficient (Wildman–Crippen LogP) is 3.11. The summed E-state index contributed by atoms with van der Waals surface area (Å²) in [6, 6.07) is 15.0. The van der Waals surface area contributed by atoms with Gasteiger partial charge in [0.1, 0.15) is 0 Å². The first-order valence-electron chi connectivity index (χ1n) is 8.03. The molecule has 2 amide bonds. The Morgan fingerprint density at radius 3 is 2.28 bits per heavy atom. The second kappa shape index (κ2) is 10.5. The number of halogens is 1. The fraction of sp³-hybridized carbons (Fsp3) is 0.263. The van der Waals surface area contributed by atoms with Gasteiger partial charge < -0.3 is 16.0 Å². The molecule has 0 aliphatic rings. The molecule has 0 bridgehead atoms. The molecule has 5 nitrogen and oxygen atoms in total. The van der Waals surface area contributed by atoms with Crippen molar-refractivity contribution in [1.29, 1.82) is 0 Å². The van der Waals surface area contributed by atoms with E-state index >= 15 is 0 Å². The number of carbonyl (C=O) groups is 2. The molecular weight excluding hydrogens is 338 g/mol. The van der Waals surface area contributed by atoms with Gasteiger partial charge in [-0.15, -0.1) is 12.4 Å². The van der Waals surface area contributed by atoms with Gasteiger partial charge in [-0.25, -0.2) is 0 Å². The van der Waals surface area contributed by atoms with Gasteiger partial charge in [-0.2, -0.15) is 0 Å². The van der Waals surface area contributed by atoms with Crippen LogP contribution in [0, 0.1) is 0 Å². The third-order valence-electron chi connectivity index (χ3n) is 3.59. The van der Waals surface area contributed by atoms with Crippen LogP contribution in [0.2, 0.25) is 0 Å². The normalized spacial score (nSPS) is 9.84. The highest BCUT2D eigenvalue weighted by Crippen LogP contribution is 2.16. The molecule has 3 N–H and O–H groups in total. The second-order valence-corrected chi connectivity index (χ2v) is 5.50. The molecule has 0 radical (unpaired) electrons. The van der Waals surface area contributed by atoms with Crippen molar-refractivity contribution >= 4 is 29.9 Å². The van der Waals surface area contributed by atoms with Gasteiger partial charge in [0, 0.05) is 31.3 Å². The summed E-state index contributed by atoms with van der Waals surface area (Å²) in [7, 11) is 0. The van der Waals surface area contributed by atoms with Crippen molar-refractivity contribution in [2.45, 2.75) is 26.9 Å². The number of benzene rings is 2. The van der Waals surface area contributed by atoms with Crippen LogP contribution in [0.25, 0.3) is 0 Å². The van der Waals surface area contributed by atoms with Gasteiger partial charge in [-0.3, -0.25) is 9.59 Å². The maximum absolute atomic E-state index is 12.4. The molecule has 2 aromatic carbocycles. The number of para-hydroxylation sites is 1. The Kier molecular flexibility index (Phi) is 8.67. The number of rotatable bonds is 7. The third kappa shape index (κ3) is 6.57. The van der Waals surface area contributed by atoms with Crippen molar-refractivity contribution in [3.05, 3.63) is 65.2 Å². The molecule has 0 fully saturated rings. The molecular formula is C19H24ClN3O2. The van der Waals surface area contributed by atoms with Crippen LogP contribution in [0.4, 0.5) is 5.69 Å². The number of amides is 2. The van der Waals surface area contributed by atoms with Crippen molar-refractivity contribution < 1.29 is 9.59 Å². The lowest BCUT2D eigenvalue weighted by Gasteiger charge is -2.12. The summed E-state index contributed by atoms with van der Waals surface area (Å²) in [5, 5.41) is 8.95. The Bertz CT molecular complexity index is 702. The van der Waals surface area contributed by atoms with Gasteiger partial charge in [0.15, 0.2) is 0 Å². The first kappa shape index (κ1) is 20.7. The summed E-state index contributed by atoms with van der Waals surface area (Å²) in [6.45, 7) is 5.57. The van der Waals surface area contributed by atoms with E-state index in [1.165, 1.54) is 6.92 Å². The highest BCUT2D eigenvalue weighted by Gasteiger charge is 2.09. The van der Waals surface area contributed by atoms with Crippen LogP contribution in [0.1, 0.15) is 35.3 Å². The molecule has 134 valence electrons. The fourth-order valence-electron chi connectivity index (χ4n) is 2.25. The van der Waals surface area contributed by atoms with Crippen LogP contribution in [-0.4, -0.2) is 18.4 Å². The molecule has 0 saturated heterocycles. The van der Waals surface area contributed by atoms with Crippen LogP contribution in [0.3, 0.4) is 0 Å². The number of anilines is 1. The number of hydrogen-bond acceptors (Lipinski definition) is 3. The van der Waals surface area contributed by atoms with Crippen molar-refractivity contribution in [2.75, 3.05) is 11.9 Å². The first-order chi connectivity index (χ1) is 11.6. The molecule has 25 heavy (non-hydrogen) atoms. The Hall–Kier alpha value is -2.37. The molecule has 0 unspecified atom stereocenters. The van der Waals surface area contributed by atoms with E-state index in [2.05, 4.69) is 16.0 Å². The van der Waals surface area contributed by atoms with E-state index in [-0.39, 0.29) is 24.2 Å². The van der Waals surface area contributed by atoms with Gasteiger partial charge in [0.2, 0.25) is 5.91 Å². The van der Waals surface area contributed by atoms with Crippen LogP contribution in [-0.2, 0) is 17.9 Å². The topological polar surface area (TPSA) is 70.2 Å². The van der Waals surface area contributed by atoms with Crippen molar-refractivity contribution in [3.63, 3.8) is 0 Å². The minimum atomic E-state index is -0.148. The zero-order valence-corrected chi connectivity index (χ0v) is 15.3. The molecule has 0 aliphatic carbocycles. The van der Waals surface area contributed by atoms with E-state index < -0.39 is 0 Å². The average molecular weight is 362 g/mol. The summed E-state index contributed by atoms with van der Waals surface area (Å²) >= 11 is 0. The fourth-order valence-corrected chi connectivity index (χ4v) is 2.25. The highest BCUT2D eigenvalue weighted by atomic mass is 35.5. The first-order valence-corrected chi connectivity index (χ1v) is 8.03. The number of nitrogens with one attached hydrogen (secondary N) is 3. The standard InChI is InChI=1S/C19H23N3O2.ClH/c1-3-20-13-17-6-4-5-7-18(17)22-19(24)16-10-8-15(9-11-16)12-21-14(2)23;/h4-11,20H,3,12-13H2,1-2H3,(H,21,23)(H,22,24);1H. The van der Waals surface area contributed by atoms with Crippen molar-refractivity contribution in [1.82, 2.24) is 10.6 Å². The minimum Gasteiger partial charge on any atom is -0.352 e. The molecule has 6 heteroatoms. The second-order valence-electron chi connectivity index (χ2n) is 5.50. The summed E-state index contributed by atoms with van der Waals surface area (Å²) in [6.07, 6.45) is 0. The maximum Gasteiger partial charge on any atom is 0.255 e. The Morgan fingerprint density at radius 2 is 1.64 bits per heavy atom. The Morgan fingerprint density at radius 1 is 0.960 bits per heavy atom. The van der Waals surface area contributed by atoms with Crippen LogP contribution in [0.5, 0.6) is 0 Å². The van der Waals surface area contributed by atoms with Crippen molar-refractivity contribution in [2.24, 2.45) is 0 Å². The SMILES string of the molecule is CCNCc1ccccc1NC(=O)c1ccc(CNC(C)=O)cc1.Cl. The van der Waals surface area contributed by atoms with Crippen LogP contribution < -0.4 is 16.0 Å². The number of hydrogen-bond donors (Lipinski definition) is 3. The van der Waals surface area contributed by atoms with Crippen LogP contribution >= 0.6 is 12.4 Å². The smallest absolute Gasteiger partial charge is 0.255 e. The lowest BCUT2D eigenvalue weighted by atomic mass is 10.1. The monoisotopic (exact) mass is 361 g/mol. The van der Waals surface area contributed by atoms with Gasteiger partial charge >= 0.3 is 0 Å². The molecule has 2 aromatic rings. The molecule has 0 saturated carbocycles. The van der Waals surface area contributed by atoms with Crippen LogP contribution in [0.15, 0.2) is 48.5 Å². The summed E-state index contributed by atoms with van der Waals surface area (Å²) in [5.41, 5.74) is 3.40. The van der Waals surface area contributed by atoms with Gasteiger partial charge in [0.05, 0.1) is 0 Å². The quantitative estimate of drug-likeness (QED) is 0.709. The van der Waals surface area contributed by atoms with E-state index in [0.717, 1.165) is 23.4 Å². The van der Waals surface area contributed by atoms with E-state index in [9.17, 15) is 9.59 Å². The largest absolute Gasteiger partial charge is 0.352 e. The molecule has 0 heterocycles. The zero-order chi connectivity index (χ0) is 17.4. The minimum absolute atomic E-state index is 0. The predicted molar refractivity (Wildman–Crippen MR) is 103 cm³/mol. The highest BCUT2D eigenvalue weighted by molar-refractivity contribution is 6.04. The Balaban J connectivity index is 0.00000312. The molecule has 0 atom stereocenters. The lowest BCUT2D eigenvalue weighted by Crippen LogP contribution is -2.19. The zero-order valence-electron chi connectivity index (χ0n) is 14.5. The number of carbonyl (C=O) groups excluding carboxylic acids is 2. The summed E-state index contributed by atoms with van der Waals surface area (Å²) < 4.78 is 0. The molecule has 0 aliphatic heterocycles. The third-order valence-corrected chi connectivity index (χ3v) is 3.59. The van der Waals surface area contributed by atoms with Crippen molar-refractivity contribution in [3.8, 4) is 0 Å². The summed E-state index contributed by atoms with van der Waals surface area (Å²) in [4.78, 5) is 23.3. The van der Waals surface area contributed by atoms with Gasteiger partial charge in [-0.05, 0) is 35.9 Å². The van der Waals surface area contributed by atoms with Gasteiger partial charge in [0.25, 0.3) is 5.91 Å². The summed E-state index contributed by atoms with van der Waals surface area (Å²) in [5.74, 6) is -0.223.